The summed E-state index contributed by atoms with van der Waals surface area (Å²) >= 11 is 0. The van der Waals surface area contributed by atoms with Crippen LogP contribution >= 0.6 is 0 Å². The molecule has 86 valence electrons. The minimum Gasteiger partial charge on any atom is -0.370 e. The van der Waals surface area contributed by atoms with E-state index >= 15 is 0 Å². The third kappa shape index (κ3) is 2.16. The molecule has 0 aromatic rings. The fraction of sp³-hybridized carbons (Fsp3) is 0.909. The molecule has 1 saturated heterocycles. The molecule has 1 aliphatic heterocycles. The van der Waals surface area contributed by atoms with Crippen molar-refractivity contribution >= 4 is 5.91 Å². The second-order valence-electron chi connectivity index (χ2n) is 4.62. The summed E-state index contributed by atoms with van der Waals surface area (Å²) < 4.78 is 5.73. The van der Waals surface area contributed by atoms with Gasteiger partial charge in [0.2, 0.25) is 5.91 Å². The number of carbonyl (C=O) groups excluding carboxylic acids is 1. The van der Waals surface area contributed by atoms with Gasteiger partial charge in [0.25, 0.3) is 0 Å². The zero-order valence-electron chi connectivity index (χ0n) is 9.37. The summed E-state index contributed by atoms with van der Waals surface area (Å²) in [5.74, 6) is 0.611. The van der Waals surface area contributed by atoms with Crippen LogP contribution in [0.3, 0.4) is 0 Å². The van der Waals surface area contributed by atoms with Crippen LogP contribution in [0.1, 0.15) is 26.2 Å². The van der Waals surface area contributed by atoms with Crippen LogP contribution in [0.25, 0.3) is 0 Å². The largest absolute Gasteiger partial charge is 0.370 e. The highest BCUT2D eigenvalue weighted by molar-refractivity contribution is 5.81. The maximum Gasteiger partial charge on any atom is 0.225 e. The van der Waals surface area contributed by atoms with Crippen molar-refractivity contribution in [2.24, 2.45) is 11.7 Å². The van der Waals surface area contributed by atoms with Gasteiger partial charge in [-0.2, -0.15) is 0 Å². The van der Waals surface area contributed by atoms with E-state index in [-0.39, 0.29) is 5.60 Å². The summed E-state index contributed by atoms with van der Waals surface area (Å²) in [4.78, 5) is 13.9. The molecular weight excluding hydrogens is 192 g/mol. The van der Waals surface area contributed by atoms with Gasteiger partial charge in [-0.3, -0.25) is 4.79 Å². The van der Waals surface area contributed by atoms with Gasteiger partial charge >= 0.3 is 0 Å². The number of hydrogen-bond acceptors (Lipinski definition) is 3. The SMILES string of the molecule is CCC1(CN)CN(C(=O)C2CC2)CCO1. The Balaban J connectivity index is 1.99. The van der Waals surface area contributed by atoms with Crippen molar-refractivity contribution in [3.8, 4) is 0 Å². The standard InChI is InChI=1S/C11H20N2O2/c1-2-11(7-12)8-13(5-6-15-11)10(14)9-3-4-9/h9H,2-8,12H2,1H3. The molecule has 1 amide bonds. The Bertz CT molecular complexity index is 247. The van der Waals surface area contributed by atoms with E-state index in [1.54, 1.807) is 0 Å². The van der Waals surface area contributed by atoms with Crippen LogP contribution in [-0.4, -0.2) is 42.6 Å². The number of hydrogen-bond donors (Lipinski definition) is 1. The summed E-state index contributed by atoms with van der Waals surface area (Å²) in [5.41, 5.74) is 5.45. The molecule has 0 aromatic heterocycles. The Morgan fingerprint density at radius 3 is 2.87 bits per heavy atom. The molecule has 1 aliphatic carbocycles. The Kier molecular flexibility index (Phi) is 2.98. The van der Waals surface area contributed by atoms with Gasteiger partial charge in [-0.15, -0.1) is 0 Å². The van der Waals surface area contributed by atoms with Gasteiger partial charge in [0.05, 0.1) is 18.8 Å². The van der Waals surface area contributed by atoms with Crippen LogP contribution in [-0.2, 0) is 9.53 Å². The second-order valence-corrected chi connectivity index (χ2v) is 4.62. The van der Waals surface area contributed by atoms with Crippen molar-refractivity contribution in [2.45, 2.75) is 31.8 Å². The predicted octanol–water partition coefficient (Wildman–Crippen LogP) is 0.363. The predicted molar refractivity (Wildman–Crippen MR) is 57.3 cm³/mol. The van der Waals surface area contributed by atoms with E-state index in [1.807, 2.05) is 4.90 Å². The first-order valence-electron chi connectivity index (χ1n) is 5.83. The van der Waals surface area contributed by atoms with Crippen molar-refractivity contribution in [2.75, 3.05) is 26.2 Å². The average Bonchev–Trinajstić information content (AvgIpc) is 3.12. The van der Waals surface area contributed by atoms with Gasteiger partial charge in [-0.25, -0.2) is 0 Å². The zero-order chi connectivity index (χ0) is 10.9. The smallest absolute Gasteiger partial charge is 0.225 e. The molecule has 0 radical (unpaired) electrons. The highest BCUT2D eigenvalue weighted by Crippen LogP contribution is 2.32. The molecule has 4 heteroatoms. The Morgan fingerprint density at radius 1 is 1.60 bits per heavy atom. The molecule has 4 nitrogen and oxygen atoms in total. The molecule has 0 spiro atoms. The number of amides is 1. The van der Waals surface area contributed by atoms with Crippen molar-refractivity contribution in [1.29, 1.82) is 0 Å². The van der Waals surface area contributed by atoms with E-state index in [9.17, 15) is 4.79 Å². The quantitative estimate of drug-likeness (QED) is 0.735. The van der Waals surface area contributed by atoms with Gasteiger partial charge in [-0.1, -0.05) is 6.92 Å². The molecule has 15 heavy (non-hydrogen) atoms. The molecule has 0 aromatic carbocycles. The van der Waals surface area contributed by atoms with Gasteiger partial charge in [-0.05, 0) is 19.3 Å². The van der Waals surface area contributed by atoms with Crippen molar-refractivity contribution in [3.05, 3.63) is 0 Å². The maximum absolute atomic E-state index is 11.9. The third-order valence-corrected chi connectivity index (χ3v) is 3.50. The molecule has 2 rings (SSSR count). The van der Waals surface area contributed by atoms with E-state index in [0.717, 1.165) is 25.8 Å². The summed E-state index contributed by atoms with van der Waals surface area (Å²) in [7, 11) is 0. The van der Waals surface area contributed by atoms with E-state index < -0.39 is 0 Å². The molecule has 2 aliphatic rings. The average molecular weight is 212 g/mol. The van der Waals surface area contributed by atoms with Crippen LogP contribution < -0.4 is 5.73 Å². The molecule has 1 atom stereocenters. The van der Waals surface area contributed by atoms with Crippen LogP contribution in [0.2, 0.25) is 0 Å². The number of ether oxygens (including phenoxy) is 1. The molecule has 2 N–H and O–H groups in total. The molecular formula is C11H20N2O2. The van der Waals surface area contributed by atoms with Gasteiger partial charge < -0.3 is 15.4 Å². The second kappa shape index (κ2) is 4.10. The molecule has 2 fully saturated rings. The summed E-state index contributed by atoms with van der Waals surface area (Å²) in [5, 5.41) is 0. The number of nitrogens with zero attached hydrogens (tertiary/aromatic N) is 1. The fourth-order valence-electron chi connectivity index (χ4n) is 2.10. The molecule has 1 heterocycles. The lowest BCUT2D eigenvalue weighted by atomic mass is 9.98. The first kappa shape index (κ1) is 10.9. The van der Waals surface area contributed by atoms with E-state index in [0.29, 0.717) is 31.5 Å². The number of nitrogens with two attached hydrogens (primary N) is 1. The van der Waals surface area contributed by atoms with E-state index in [1.165, 1.54) is 0 Å². The topological polar surface area (TPSA) is 55.6 Å². The monoisotopic (exact) mass is 212 g/mol. The Hall–Kier alpha value is -0.610. The maximum atomic E-state index is 11.9. The van der Waals surface area contributed by atoms with E-state index in [4.69, 9.17) is 10.5 Å². The van der Waals surface area contributed by atoms with Gasteiger partial charge in [0.1, 0.15) is 0 Å². The van der Waals surface area contributed by atoms with Crippen molar-refractivity contribution in [3.63, 3.8) is 0 Å². The van der Waals surface area contributed by atoms with Crippen LogP contribution in [0.5, 0.6) is 0 Å². The highest BCUT2D eigenvalue weighted by Gasteiger charge is 2.40. The first-order chi connectivity index (χ1) is 7.21. The zero-order valence-corrected chi connectivity index (χ0v) is 9.37. The number of carbonyl (C=O) groups is 1. The van der Waals surface area contributed by atoms with Gasteiger partial charge in [0, 0.05) is 19.0 Å². The molecule has 0 bridgehead atoms. The van der Waals surface area contributed by atoms with Gasteiger partial charge in [0.15, 0.2) is 0 Å². The fourth-order valence-corrected chi connectivity index (χ4v) is 2.10. The molecule has 1 saturated carbocycles. The number of rotatable bonds is 3. The lowest BCUT2D eigenvalue weighted by molar-refractivity contribution is -0.151. The third-order valence-electron chi connectivity index (χ3n) is 3.50. The molecule has 1 unspecified atom stereocenters. The Labute approximate surface area is 90.8 Å². The minimum atomic E-state index is -0.289. The summed E-state index contributed by atoms with van der Waals surface area (Å²) in [6.07, 6.45) is 3.01. The number of morpholine rings is 1. The lowest BCUT2D eigenvalue weighted by Gasteiger charge is -2.41. The highest BCUT2D eigenvalue weighted by atomic mass is 16.5. The normalized spacial score (nSPS) is 31.7. The first-order valence-corrected chi connectivity index (χ1v) is 5.83. The summed E-state index contributed by atoms with van der Waals surface area (Å²) in [6, 6.07) is 0. The van der Waals surface area contributed by atoms with Crippen LogP contribution in [0.4, 0.5) is 0 Å². The Morgan fingerprint density at radius 2 is 2.33 bits per heavy atom. The van der Waals surface area contributed by atoms with Crippen molar-refractivity contribution < 1.29 is 9.53 Å². The minimum absolute atomic E-state index is 0.289. The van der Waals surface area contributed by atoms with Crippen LogP contribution in [0.15, 0.2) is 0 Å². The van der Waals surface area contributed by atoms with Crippen molar-refractivity contribution in [1.82, 2.24) is 4.90 Å². The van der Waals surface area contributed by atoms with Crippen LogP contribution in [0, 0.1) is 5.92 Å². The van der Waals surface area contributed by atoms with E-state index in [2.05, 4.69) is 6.92 Å². The summed E-state index contributed by atoms with van der Waals surface area (Å²) in [6.45, 7) is 4.60. The lowest BCUT2D eigenvalue weighted by Crippen LogP contribution is -2.57.